The summed E-state index contributed by atoms with van der Waals surface area (Å²) in [7, 11) is 0. The van der Waals surface area contributed by atoms with Crippen molar-refractivity contribution in [1.29, 1.82) is 0 Å². The van der Waals surface area contributed by atoms with Gasteiger partial charge in [-0.05, 0) is 36.4 Å². The second kappa shape index (κ2) is 5.44. The molecule has 4 aromatic rings. The Kier molecular flexibility index (Phi) is 3.35. The summed E-state index contributed by atoms with van der Waals surface area (Å²) in [4.78, 5) is 17.2. The van der Waals surface area contributed by atoms with Crippen LogP contribution in [-0.4, -0.2) is 15.2 Å². The van der Waals surface area contributed by atoms with Crippen molar-refractivity contribution in [1.82, 2.24) is 9.38 Å². The number of fused-ring (bicyclic) bond motifs is 3. The Bertz CT molecular complexity index is 1100. The molecule has 0 saturated carbocycles. The van der Waals surface area contributed by atoms with Crippen molar-refractivity contribution in [2.24, 2.45) is 0 Å². The lowest BCUT2D eigenvalue weighted by molar-refractivity contribution is -0.137. The fourth-order valence-corrected chi connectivity index (χ4v) is 2.84. The standard InChI is InChI=1S/C19H11F3N2O/c20-19(21,22)13-9-7-12(8-10-13)18(25)17-16-6-3-11-24(16)15-5-2-1-4-14(15)23-17/h1-11H. The Hall–Kier alpha value is -3.15. The van der Waals surface area contributed by atoms with Gasteiger partial charge in [0.1, 0.15) is 5.69 Å². The fraction of sp³-hybridized carbons (Fsp3) is 0.0526. The molecule has 0 aliphatic carbocycles. The number of para-hydroxylation sites is 2. The second-order valence-corrected chi connectivity index (χ2v) is 5.62. The van der Waals surface area contributed by atoms with E-state index in [9.17, 15) is 18.0 Å². The molecule has 2 aromatic heterocycles. The molecule has 2 aromatic carbocycles. The molecule has 3 nitrogen and oxygen atoms in total. The monoisotopic (exact) mass is 340 g/mol. The van der Waals surface area contributed by atoms with E-state index in [1.807, 2.05) is 28.8 Å². The van der Waals surface area contributed by atoms with Crippen molar-refractivity contribution in [3.63, 3.8) is 0 Å². The van der Waals surface area contributed by atoms with E-state index in [2.05, 4.69) is 4.98 Å². The van der Waals surface area contributed by atoms with Gasteiger partial charge >= 0.3 is 6.18 Å². The van der Waals surface area contributed by atoms with Crippen molar-refractivity contribution < 1.29 is 18.0 Å². The molecule has 0 fully saturated rings. The third-order valence-electron chi connectivity index (χ3n) is 4.05. The molecule has 0 saturated heterocycles. The predicted octanol–water partition coefficient (Wildman–Crippen LogP) is 4.74. The lowest BCUT2D eigenvalue weighted by Gasteiger charge is -2.09. The minimum absolute atomic E-state index is 0.166. The minimum Gasteiger partial charge on any atom is -0.313 e. The molecule has 6 heteroatoms. The first-order valence-corrected chi connectivity index (χ1v) is 7.53. The van der Waals surface area contributed by atoms with Crippen molar-refractivity contribution >= 4 is 22.3 Å². The predicted molar refractivity (Wildman–Crippen MR) is 87.6 cm³/mol. The van der Waals surface area contributed by atoms with Gasteiger partial charge in [-0.1, -0.05) is 24.3 Å². The quantitative estimate of drug-likeness (QED) is 0.494. The molecule has 0 aliphatic heterocycles. The van der Waals surface area contributed by atoms with Crippen molar-refractivity contribution in [2.45, 2.75) is 6.18 Å². The molecular weight excluding hydrogens is 329 g/mol. The number of alkyl halides is 3. The highest BCUT2D eigenvalue weighted by Gasteiger charge is 2.30. The highest BCUT2D eigenvalue weighted by Crippen LogP contribution is 2.29. The number of aromatic nitrogens is 2. The number of hydrogen-bond donors (Lipinski definition) is 0. The van der Waals surface area contributed by atoms with E-state index in [4.69, 9.17) is 0 Å². The maximum absolute atomic E-state index is 12.8. The van der Waals surface area contributed by atoms with E-state index in [0.29, 0.717) is 11.0 Å². The number of carbonyl (C=O) groups is 1. The van der Waals surface area contributed by atoms with Crippen molar-refractivity contribution in [3.8, 4) is 0 Å². The largest absolute Gasteiger partial charge is 0.416 e. The molecule has 0 unspecified atom stereocenters. The Morgan fingerprint density at radius 2 is 1.56 bits per heavy atom. The number of benzene rings is 2. The summed E-state index contributed by atoms with van der Waals surface area (Å²) in [6.07, 6.45) is -2.61. The van der Waals surface area contributed by atoms with Crippen LogP contribution in [0.4, 0.5) is 13.2 Å². The summed E-state index contributed by atoms with van der Waals surface area (Å²) < 4.78 is 39.9. The SMILES string of the molecule is O=C(c1ccc(C(F)(F)F)cc1)c1nc2ccccc2n2cccc12. The van der Waals surface area contributed by atoms with E-state index in [0.717, 1.165) is 17.6 Å². The van der Waals surface area contributed by atoms with Crippen LogP contribution in [0.25, 0.3) is 16.6 Å². The first kappa shape index (κ1) is 15.4. The van der Waals surface area contributed by atoms with Gasteiger partial charge in [-0.2, -0.15) is 13.2 Å². The number of nitrogens with zero attached hydrogens (tertiary/aromatic N) is 2. The number of halogens is 3. The van der Waals surface area contributed by atoms with Gasteiger partial charge in [-0.25, -0.2) is 4.98 Å². The molecule has 0 N–H and O–H groups in total. The van der Waals surface area contributed by atoms with Crippen molar-refractivity contribution in [3.05, 3.63) is 83.7 Å². The second-order valence-electron chi connectivity index (χ2n) is 5.62. The fourth-order valence-electron chi connectivity index (χ4n) is 2.84. The van der Waals surface area contributed by atoms with Crippen LogP contribution < -0.4 is 0 Å². The van der Waals surface area contributed by atoms with E-state index < -0.39 is 17.5 Å². The normalized spacial score (nSPS) is 12.0. The van der Waals surface area contributed by atoms with Crippen LogP contribution in [-0.2, 0) is 6.18 Å². The minimum atomic E-state index is -4.43. The topological polar surface area (TPSA) is 34.4 Å². The molecule has 0 amide bonds. The summed E-state index contributed by atoms with van der Waals surface area (Å²) >= 11 is 0. The number of hydrogen-bond acceptors (Lipinski definition) is 2. The molecule has 0 spiro atoms. The average molecular weight is 340 g/mol. The van der Waals surface area contributed by atoms with Crippen LogP contribution in [0.2, 0.25) is 0 Å². The van der Waals surface area contributed by atoms with Crippen LogP contribution in [0.15, 0.2) is 66.9 Å². The van der Waals surface area contributed by atoms with E-state index >= 15 is 0 Å². The van der Waals surface area contributed by atoms with E-state index in [1.54, 1.807) is 18.2 Å². The molecule has 2 heterocycles. The number of carbonyl (C=O) groups excluding carboxylic acids is 1. The molecule has 25 heavy (non-hydrogen) atoms. The van der Waals surface area contributed by atoms with Gasteiger partial charge in [0.15, 0.2) is 0 Å². The Morgan fingerprint density at radius 1 is 0.880 bits per heavy atom. The number of rotatable bonds is 2. The van der Waals surface area contributed by atoms with Crippen LogP contribution in [0, 0.1) is 0 Å². The molecule has 124 valence electrons. The summed E-state index contributed by atoms with van der Waals surface area (Å²) in [6.45, 7) is 0. The van der Waals surface area contributed by atoms with Crippen LogP contribution >= 0.6 is 0 Å². The van der Waals surface area contributed by atoms with Crippen LogP contribution in [0.1, 0.15) is 21.6 Å². The van der Waals surface area contributed by atoms with Crippen LogP contribution in [0.5, 0.6) is 0 Å². The van der Waals surface area contributed by atoms with Gasteiger partial charge in [0.05, 0.1) is 22.1 Å². The molecular formula is C19H11F3N2O. The highest BCUT2D eigenvalue weighted by molar-refractivity contribution is 6.12. The summed E-state index contributed by atoms with van der Waals surface area (Å²) in [5.41, 5.74) is 1.70. The molecule has 0 radical (unpaired) electrons. The first-order chi connectivity index (χ1) is 11.9. The zero-order valence-electron chi connectivity index (χ0n) is 12.8. The van der Waals surface area contributed by atoms with Gasteiger partial charge in [0.2, 0.25) is 5.78 Å². The van der Waals surface area contributed by atoms with E-state index in [1.165, 1.54) is 12.1 Å². The van der Waals surface area contributed by atoms with Crippen LogP contribution in [0.3, 0.4) is 0 Å². The Labute approximate surface area is 140 Å². The van der Waals surface area contributed by atoms with Gasteiger partial charge in [-0.3, -0.25) is 4.79 Å². The van der Waals surface area contributed by atoms with Gasteiger partial charge in [-0.15, -0.1) is 0 Å². The first-order valence-electron chi connectivity index (χ1n) is 7.53. The zero-order valence-corrected chi connectivity index (χ0v) is 12.8. The third kappa shape index (κ3) is 2.55. The van der Waals surface area contributed by atoms with Gasteiger partial charge < -0.3 is 4.40 Å². The maximum atomic E-state index is 12.8. The molecule has 0 atom stereocenters. The third-order valence-corrected chi connectivity index (χ3v) is 4.05. The van der Waals surface area contributed by atoms with Gasteiger partial charge in [0.25, 0.3) is 0 Å². The summed E-state index contributed by atoms with van der Waals surface area (Å²) in [5, 5.41) is 0. The van der Waals surface area contributed by atoms with E-state index in [-0.39, 0.29) is 11.3 Å². The zero-order chi connectivity index (χ0) is 17.6. The lowest BCUT2D eigenvalue weighted by Crippen LogP contribution is -2.09. The Balaban J connectivity index is 1.85. The highest BCUT2D eigenvalue weighted by atomic mass is 19.4. The smallest absolute Gasteiger partial charge is 0.313 e. The summed E-state index contributed by atoms with van der Waals surface area (Å²) in [5.74, 6) is -0.414. The average Bonchev–Trinajstić information content (AvgIpc) is 3.10. The molecule has 0 bridgehead atoms. The maximum Gasteiger partial charge on any atom is 0.416 e. The summed E-state index contributed by atoms with van der Waals surface area (Å²) in [6, 6.07) is 15.1. The Morgan fingerprint density at radius 3 is 2.28 bits per heavy atom. The lowest BCUT2D eigenvalue weighted by atomic mass is 10.0. The molecule has 0 aliphatic rings. The molecule has 4 rings (SSSR count). The van der Waals surface area contributed by atoms with Gasteiger partial charge in [0, 0.05) is 11.8 Å². The van der Waals surface area contributed by atoms with Crippen molar-refractivity contribution in [2.75, 3.05) is 0 Å². The number of ketones is 1.